The average Bonchev–Trinajstić information content (AvgIpc) is 2.56. The Kier molecular flexibility index (Phi) is 5.91. The second kappa shape index (κ2) is 7.71. The van der Waals surface area contributed by atoms with E-state index in [1.807, 2.05) is 0 Å². The van der Waals surface area contributed by atoms with Gasteiger partial charge in [-0.2, -0.15) is 0 Å². The Morgan fingerprint density at radius 2 is 1.83 bits per heavy atom. The highest BCUT2D eigenvalue weighted by Gasteiger charge is 2.43. The molecule has 5 atom stereocenters. The fraction of sp³-hybridized carbons (Fsp3) is 0.533. The summed E-state index contributed by atoms with van der Waals surface area (Å²) >= 11 is 0. The van der Waals surface area contributed by atoms with Gasteiger partial charge in [-0.1, -0.05) is 0 Å². The second-order valence-corrected chi connectivity index (χ2v) is 5.19. The first-order chi connectivity index (χ1) is 11.0. The number of carbonyl (C=O) groups excluding carboxylic acids is 1. The zero-order valence-corrected chi connectivity index (χ0v) is 12.6. The number of aliphatic hydroxyl groups is 4. The van der Waals surface area contributed by atoms with E-state index in [0.29, 0.717) is 11.3 Å². The molecule has 0 aliphatic carbocycles. The van der Waals surface area contributed by atoms with Crippen molar-refractivity contribution < 1.29 is 34.7 Å². The Morgan fingerprint density at radius 1 is 1.17 bits per heavy atom. The van der Waals surface area contributed by atoms with Gasteiger partial charge < -0.3 is 35.2 Å². The molecule has 2 rings (SSSR count). The summed E-state index contributed by atoms with van der Waals surface area (Å²) in [6.45, 7) is 1.50. The summed E-state index contributed by atoms with van der Waals surface area (Å²) in [6, 6.07) is 6.27. The molecule has 1 aromatic rings. The predicted molar refractivity (Wildman–Crippen MR) is 79.8 cm³/mol. The Hall–Kier alpha value is -1.71. The number of benzene rings is 1. The molecule has 1 heterocycles. The lowest BCUT2D eigenvalue weighted by Crippen LogP contribution is -2.60. The van der Waals surface area contributed by atoms with Crippen LogP contribution in [0, 0.1) is 0 Å². The molecule has 0 bridgehead atoms. The molecule has 1 fully saturated rings. The van der Waals surface area contributed by atoms with Crippen LogP contribution in [0.5, 0.6) is 0 Å². The van der Waals surface area contributed by atoms with Crippen molar-refractivity contribution >= 4 is 11.7 Å². The first-order valence-corrected chi connectivity index (χ1v) is 7.32. The van der Waals surface area contributed by atoms with Crippen molar-refractivity contribution in [3.8, 4) is 0 Å². The third kappa shape index (κ3) is 3.98. The van der Waals surface area contributed by atoms with E-state index < -0.39 is 43.2 Å². The molecule has 5 N–H and O–H groups in total. The first kappa shape index (κ1) is 17.6. The molecule has 1 aliphatic rings. The Morgan fingerprint density at radius 3 is 2.39 bits per heavy atom. The fourth-order valence-corrected chi connectivity index (χ4v) is 2.30. The highest BCUT2D eigenvalue weighted by Crippen LogP contribution is 2.23. The molecule has 0 saturated carbocycles. The summed E-state index contributed by atoms with van der Waals surface area (Å²) in [5.41, 5.74) is 0.911. The smallest absolute Gasteiger partial charge is 0.338 e. The van der Waals surface area contributed by atoms with Crippen LogP contribution in [-0.2, 0) is 9.47 Å². The van der Waals surface area contributed by atoms with Crippen LogP contribution in [0.15, 0.2) is 24.3 Å². The Bertz CT molecular complexity index is 519. The number of hydrogen-bond donors (Lipinski definition) is 5. The molecule has 8 nitrogen and oxygen atoms in total. The minimum atomic E-state index is -1.45. The molecule has 1 aromatic carbocycles. The molecule has 8 heteroatoms. The lowest BCUT2D eigenvalue weighted by molar-refractivity contribution is -0.221. The number of rotatable bonds is 5. The second-order valence-electron chi connectivity index (χ2n) is 5.19. The van der Waals surface area contributed by atoms with Crippen LogP contribution < -0.4 is 5.32 Å². The Labute approximate surface area is 133 Å². The van der Waals surface area contributed by atoms with Crippen molar-refractivity contribution in [3.05, 3.63) is 29.8 Å². The van der Waals surface area contributed by atoms with Crippen LogP contribution in [0.4, 0.5) is 5.69 Å². The molecule has 0 unspecified atom stereocenters. The van der Waals surface area contributed by atoms with Crippen LogP contribution in [-0.4, -0.2) is 70.3 Å². The zero-order chi connectivity index (χ0) is 17.0. The SMILES string of the molecule is CCOC(=O)c1ccc(N[C@@H]2O[C@H](CO)[C@@H](O)[C@H](O)[C@@H]2O)cc1. The van der Waals surface area contributed by atoms with Crippen molar-refractivity contribution in [2.45, 2.75) is 37.6 Å². The van der Waals surface area contributed by atoms with E-state index in [-0.39, 0.29) is 6.61 Å². The van der Waals surface area contributed by atoms with Crippen LogP contribution in [0.3, 0.4) is 0 Å². The Balaban J connectivity index is 2.04. The topological polar surface area (TPSA) is 128 Å². The minimum Gasteiger partial charge on any atom is -0.462 e. The monoisotopic (exact) mass is 327 g/mol. The molecular weight excluding hydrogens is 306 g/mol. The minimum absolute atomic E-state index is 0.281. The van der Waals surface area contributed by atoms with Gasteiger partial charge in [0.25, 0.3) is 0 Å². The standard InChI is InChI=1S/C15H21NO7/c1-2-22-15(21)8-3-5-9(6-4-8)16-14-13(20)12(19)11(18)10(7-17)23-14/h3-6,10-14,16-20H,2,7H2,1H3/t10-,11-,12+,13+,14-/m1/s1. The predicted octanol–water partition coefficient (Wildman–Crippen LogP) is -0.925. The summed E-state index contributed by atoms with van der Waals surface area (Å²) in [4.78, 5) is 11.6. The highest BCUT2D eigenvalue weighted by atomic mass is 16.6. The van der Waals surface area contributed by atoms with Gasteiger partial charge in [0.2, 0.25) is 0 Å². The number of aliphatic hydroxyl groups excluding tert-OH is 4. The quantitative estimate of drug-likeness (QED) is 0.439. The molecule has 1 aliphatic heterocycles. The van der Waals surface area contributed by atoms with E-state index in [2.05, 4.69) is 5.32 Å². The maximum atomic E-state index is 11.6. The third-order valence-corrected chi connectivity index (χ3v) is 3.60. The van der Waals surface area contributed by atoms with Gasteiger partial charge in [0.05, 0.1) is 18.8 Å². The van der Waals surface area contributed by atoms with Gasteiger partial charge in [0.15, 0.2) is 6.23 Å². The number of nitrogens with one attached hydrogen (secondary N) is 1. The first-order valence-electron chi connectivity index (χ1n) is 7.32. The summed E-state index contributed by atoms with van der Waals surface area (Å²) in [5, 5.41) is 41.4. The third-order valence-electron chi connectivity index (χ3n) is 3.60. The molecule has 0 aromatic heterocycles. The summed E-state index contributed by atoms with van der Waals surface area (Å²) in [6.07, 6.45) is -6.22. The molecule has 0 amide bonds. The lowest BCUT2D eigenvalue weighted by atomic mass is 9.98. The van der Waals surface area contributed by atoms with Gasteiger partial charge in [0.1, 0.15) is 24.4 Å². The van der Waals surface area contributed by atoms with Gasteiger partial charge in [0, 0.05) is 5.69 Å². The highest BCUT2D eigenvalue weighted by molar-refractivity contribution is 5.89. The van der Waals surface area contributed by atoms with Crippen molar-refractivity contribution in [3.63, 3.8) is 0 Å². The van der Waals surface area contributed by atoms with E-state index in [1.165, 1.54) is 0 Å². The van der Waals surface area contributed by atoms with Crippen LogP contribution in [0.25, 0.3) is 0 Å². The van der Waals surface area contributed by atoms with E-state index >= 15 is 0 Å². The van der Waals surface area contributed by atoms with Gasteiger partial charge in [-0.15, -0.1) is 0 Å². The van der Waals surface area contributed by atoms with Crippen LogP contribution >= 0.6 is 0 Å². The largest absolute Gasteiger partial charge is 0.462 e. The summed E-state index contributed by atoms with van der Waals surface area (Å²) in [7, 11) is 0. The van der Waals surface area contributed by atoms with Crippen molar-refractivity contribution in [2.24, 2.45) is 0 Å². The van der Waals surface area contributed by atoms with E-state index in [1.54, 1.807) is 31.2 Å². The molecule has 23 heavy (non-hydrogen) atoms. The number of hydrogen-bond acceptors (Lipinski definition) is 8. The van der Waals surface area contributed by atoms with E-state index in [4.69, 9.17) is 14.6 Å². The van der Waals surface area contributed by atoms with Crippen LogP contribution in [0.1, 0.15) is 17.3 Å². The van der Waals surface area contributed by atoms with Gasteiger partial charge in [-0.3, -0.25) is 0 Å². The van der Waals surface area contributed by atoms with Crippen molar-refractivity contribution in [1.29, 1.82) is 0 Å². The maximum Gasteiger partial charge on any atom is 0.338 e. The van der Waals surface area contributed by atoms with Gasteiger partial charge >= 0.3 is 5.97 Å². The number of carbonyl (C=O) groups is 1. The van der Waals surface area contributed by atoms with Crippen LogP contribution in [0.2, 0.25) is 0 Å². The van der Waals surface area contributed by atoms with E-state index in [9.17, 15) is 20.1 Å². The average molecular weight is 327 g/mol. The zero-order valence-electron chi connectivity index (χ0n) is 12.6. The molecule has 1 saturated heterocycles. The molecular formula is C15H21NO7. The number of esters is 1. The summed E-state index contributed by atoms with van der Waals surface area (Å²) < 4.78 is 10.2. The van der Waals surface area contributed by atoms with Gasteiger partial charge in [-0.25, -0.2) is 4.79 Å². The maximum absolute atomic E-state index is 11.6. The van der Waals surface area contributed by atoms with Crippen molar-refractivity contribution in [2.75, 3.05) is 18.5 Å². The summed E-state index contributed by atoms with van der Waals surface area (Å²) in [5.74, 6) is -0.438. The van der Waals surface area contributed by atoms with Crippen molar-refractivity contribution in [1.82, 2.24) is 0 Å². The lowest BCUT2D eigenvalue weighted by Gasteiger charge is -2.40. The number of anilines is 1. The number of ether oxygens (including phenoxy) is 2. The van der Waals surface area contributed by atoms with Gasteiger partial charge in [-0.05, 0) is 31.2 Å². The normalized spacial score (nSPS) is 30.7. The molecule has 0 radical (unpaired) electrons. The fourth-order valence-electron chi connectivity index (χ4n) is 2.30. The van der Waals surface area contributed by atoms with E-state index in [0.717, 1.165) is 0 Å². The molecule has 128 valence electrons. The molecule has 0 spiro atoms.